The maximum atomic E-state index is 4.48. The van der Waals surface area contributed by atoms with Crippen molar-refractivity contribution in [3.05, 3.63) is 24.3 Å². The van der Waals surface area contributed by atoms with Gasteiger partial charge in [-0.25, -0.2) is 0 Å². The van der Waals surface area contributed by atoms with E-state index in [1.54, 1.807) is 11.5 Å². The van der Waals surface area contributed by atoms with Gasteiger partial charge < -0.3 is 5.32 Å². The lowest BCUT2D eigenvalue weighted by molar-refractivity contribution is 0.531. The third kappa shape index (κ3) is 2.10. The number of rotatable bonds is 2. The van der Waals surface area contributed by atoms with Gasteiger partial charge in [0.05, 0.1) is 9.73 Å². The molecule has 2 aromatic rings. The summed E-state index contributed by atoms with van der Waals surface area (Å²) in [5.74, 6) is 0. The Bertz CT molecular complexity index is 475. The second-order valence-corrected chi connectivity index (χ2v) is 6.42. The van der Waals surface area contributed by atoms with E-state index in [0.29, 0.717) is 0 Å². The minimum atomic E-state index is 0.720. The zero-order valence-corrected chi connectivity index (χ0v) is 10.6. The van der Waals surface area contributed by atoms with Crippen LogP contribution in [-0.2, 0) is 0 Å². The monoisotopic (exact) mass is 250 g/mol. The highest BCUT2D eigenvalue weighted by molar-refractivity contribution is 8.01. The summed E-state index contributed by atoms with van der Waals surface area (Å²) in [6.45, 7) is 2.32. The summed E-state index contributed by atoms with van der Waals surface area (Å²) in [5, 5.41) is 5.50. The molecule has 0 aliphatic carbocycles. The van der Waals surface area contributed by atoms with Crippen molar-refractivity contribution < 1.29 is 0 Å². The Labute approximate surface area is 104 Å². The number of nitrogens with one attached hydrogen (secondary N) is 1. The number of aromatic nitrogens is 1. The lowest BCUT2D eigenvalue weighted by Gasteiger charge is -2.21. The molecule has 3 rings (SSSR count). The molecule has 1 aliphatic rings. The number of thioether (sulfide) groups is 1. The fraction of sp³-hybridized carbons (Fsp3) is 0.417. The van der Waals surface area contributed by atoms with Crippen LogP contribution in [0.3, 0.4) is 0 Å². The van der Waals surface area contributed by atoms with Crippen LogP contribution in [0.15, 0.2) is 28.5 Å². The molecule has 0 saturated carbocycles. The molecule has 4 heteroatoms. The molecule has 1 N–H and O–H groups in total. The third-order valence-electron chi connectivity index (χ3n) is 2.88. The van der Waals surface area contributed by atoms with Gasteiger partial charge in [0.1, 0.15) is 0 Å². The van der Waals surface area contributed by atoms with E-state index in [1.165, 1.54) is 29.0 Å². The van der Waals surface area contributed by atoms with Crippen LogP contribution in [0.4, 0.5) is 0 Å². The van der Waals surface area contributed by atoms with Crippen molar-refractivity contribution in [3.63, 3.8) is 0 Å². The van der Waals surface area contributed by atoms with Gasteiger partial charge in [0.2, 0.25) is 0 Å². The van der Waals surface area contributed by atoms with Gasteiger partial charge in [-0.2, -0.15) is 4.37 Å². The molecule has 1 fully saturated rings. The van der Waals surface area contributed by atoms with Crippen LogP contribution in [0.5, 0.6) is 0 Å². The van der Waals surface area contributed by atoms with E-state index in [-0.39, 0.29) is 0 Å². The van der Waals surface area contributed by atoms with Gasteiger partial charge in [-0.1, -0.05) is 18.2 Å². The largest absolute Gasteiger partial charge is 0.316 e. The highest BCUT2D eigenvalue weighted by atomic mass is 32.2. The van der Waals surface area contributed by atoms with Crippen molar-refractivity contribution in [1.82, 2.24) is 9.69 Å². The Kier molecular flexibility index (Phi) is 3.13. The molecule has 84 valence electrons. The molecule has 1 atom stereocenters. The Morgan fingerprint density at radius 2 is 2.31 bits per heavy atom. The molecule has 2 nitrogen and oxygen atoms in total. The number of benzene rings is 1. The first-order valence-corrected chi connectivity index (χ1v) is 7.30. The fourth-order valence-electron chi connectivity index (χ4n) is 2.02. The Morgan fingerprint density at radius 3 is 3.19 bits per heavy atom. The van der Waals surface area contributed by atoms with E-state index >= 15 is 0 Å². The first-order chi connectivity index (χ1) is 7.93. The van der Waals surface area contributed by atoms with Crippen LogP contribution in [-0.4, -0.2) is 22.7 Å². The minimum absolute atomic E-state index is 0.720. The van der Waals surface area contributed by atoms with E-state index in [0.717, 1.165) is 17.3 Å². The van der Waals surface area contributed by atoms with Crippen LogP contribution in [0.25, 0.3) is 10.9 Å². The normalized spacial score (nSPS) is 21.4. The van der Waals surface area contributed by atoms with Crippen LogP contribution >= 0.6 is 23.3 Å². The molecule has 0 bridgehead atoms. The average Bonchev–Trinajstić information content (AvgIpc) is 2.74. The summed E-state index contributed by atoms with van der Waals surface area (Å²) in [7, 11) is 0. The van der Waals surface area contributed by atoms with Gasteiger partial charge in [0, 0.05) is 17.2 Å². The zero-order chi connectivity index (χ0) is 10.8. The molecule has 0 spiro atoms. The zero-order valence-electron chi connectivity index (χ0n) is 8.98. The van der Waals surface area contributed by atoms with Crippen molar-refractivity contribution >= 4 is 34.2 Å². The number of piperidine rings is 1. The lowest BCUT2D eigenvalue weighted by atomic mass is 10.2. The quantitative estimate of drug-likeness (QED) is 0.886. The van der Waals surface area contributed by atoms with Crippen molar-refractivity contribution in [2.75, 3.05) is 13.1 Å². The molecular weight excluding hydrogens is 236 g/mol. The lowest BCUT2D eigenvalue weighted by Crippen LogP contribution is -2.31. The molecule has 1 aromatic heterocycles. The minimum Gasteiger partial charge on any atom is -0.316 e. The first kappa shape index (κ1) is 10.6. The first-order valence-electron chi connectivity index (χ1n) is 5.65. The smallest absolute Gasteiger partial charge is 0.0888 e. The molecule has 0 amide bonds. The van der Waals surface area contributed by atoms with E-state index < -0.39 is 0 Å². The van der Waals surface area contributed by atoms with Gasteiger partial charge in [-0.15, -0.1) is 11.8 Å². The predicted octanol–water partition coefficient (Wildman–Crippen LogP) is 3.14. The summed E-state index contributed by atoms with van der Waals surface area (Å²) in [6.07, 6.45) is 2.62. The van der Waals surface area contributed by atoms with Gasteiger partial charge in [0.15, 0.2) is 0 Å². The molecule has 16 heavy (non-hydrogen) atoms. The van der Waals surface area contributed by atoms with Crippen LogP contribution in [0, 0.1) is 0 Å². The Hall–Kier alpha value is -0.580. The summed E-state index contributed by atoms with van der Waals surface area (Å²) >= 11 is 3.64. The number of hydrogen-bond acceptors (Lipinski definition) is 4. The van der Waals surface area contributed by atoms with Gasteiger partial charge in [0.25, 0.3) is 0 Å². The molecule has 1 unspecified atom stereocenters. The highest BCUT2D eigenvalue weighted by Gasteiger charge is 2.16. The molecule has 2 heterocycles. The number of fused-ring (bicyclic) bond motifs is 1. The summed E-state index contributed by atoms with van der Waals surface area (Å²) in [5.41, 5.74) is 1.14. The topological polar surface area (TPSA) is 24.9 Å². The van der Waals surface area contributed by atoms with Crippen LogP contribution < -0.4 is 5.32 Å². The second-order valence-electron chi connectivity index (χ2n) is 4.07. The van der Waals surface area contributed by atoms with Crippen molar-refractivity contribution in [1.29, 1.82) is 0 Å². The van der Waals surface area contributed by atoms with Crippen molar-refractivity contribution in [2.24, 2.45) is 0 Å². The Balaban J connectivity index is 1.83. The number of nitrogens with zero attached hydrogens (tertiary/aromatic N) is 1. The molecule has 1 aliphatic heterocycles. The van der Waals surface area contributed by atoms with E-state index in [9.17, 15) is 0 Å². The predicted molar refractivity (Wildman–Crippen MR) is 71.4 cm³/mol. The highest BCUT2D eigenvalue weighted by Crippen LogP contribution is 2.36. The number of hydrogen-bond donors (Lipinski definition) is 1. The standard InChI is InChI=1S/C12H14N2S2/c1-2-6-11-10(5-1)12(16-14-11)15-9-4-3-7-13-8-9/h1-2,5-6,9,13H,3-4,7-8H2. The molecule has 1 aromatic carbocycles. The SMILES string of the molecule is c1ccc2c(SC3CCCNC3)snc2c1. The summed E-state index contributed by atoms with van der Waals surface area (Å²) in [6, 6.07) is 8.42. The fourth-order valence-corrected chi connectivity index (χ4v) is 4.41. The maximum Gasteiger partial charge on any atom is 0.0888 e. The van der Waals surface area contributed by atoms with Gasteiger partial charge >= 0.3 is 0 Å². The van der Waals surface area contributed by atoms with Crippen LogP contribution in [0.2, 0.25) is 0 Å². The second kappa shape index (κ2) is 4.73. The Morgan fingerprint density at radius 1 is 1.38 bits per heavy atom. The molecule has 1 saturated heterocycles. The molecule has 0 radical (unpaired) electrons. The van der Waals surface area contributed by atoms with Crippen molar-refractivity contribution in [3.8, 4) is 0 Å². The van der Waals surface area contributed by atoms with E-state index in [1.807, 2.05) is 11.8 Å². The summed E-state index contributed by atoms with van der Waals surface area (Å²) < 4.78 is 5.86. The third-order valence-corrected chi connectivity index (χ3v) is 5.23. The average molecular weight is 250 g/mol. The maximum absolute atomic E-state index is 4.48. The van der Waals surface area contributed by atoms with E-state index in [2.05, 4.69) is 34.0 Å². The van der Waals surface area contributed by atoms with Crippen molar-refractivity contribution in [2.45, 2.75) is 22.3 Å². The van der Waals surface area contributed by atoms with Gasteiger partial charge in [-0.05, 0) is 37.0 Å². The van der Waals surface area contributed by atoms with Crippen LogP contribution in [0.1, 0.15) is 12.8 Å². The van der Waals surface area contributed by atoms with E-state index in [4.69, 9.17) is 0 Å². The molecular formula is C12H14N2S2. The van der Waals surface area contributed by atoms with Gasteiger partial charge in [-0.3, -0.25) is 0 Å². The summed E-state index contributed by atoms with van der Waals surface area (Å²) in [4.78, 5) is 0.